The largest absolute Gasteiger partial charge is 0.341 e. The lowest BCUT2D eigenvalue weighted by atomic mass is 9.99. The number of carbonyl (C=O) groups excluding carboxylic acids is 1. The van der Waals surface area contributed by atoms with Crippen LogP contribution in [0.15, 0.2) is 54.6 Å². The summed E-state index contributed by atoms with van der Waals surface area (Å²) in [6.45, 7) is 1.34. The maximum absolute atomic E-state index is 12.0. The molecule has 2 aromatic carbocycles. The second-order valence-electron chi connectivity index (χ2n) is 5.13. The Balaban J connectivity index is 0.00000242. The van der Waals surface area contributed by atoms with E-state index in [-0.39, 0.29) is 18.3 Å². The van der Waals surface area contributed by atoms with Crippen LogP contribution in [0.2, 0.25) is 0 Å². The summed E-state index contributed by atoms with van der Waals surface area (Å²) in [6, 6.07) is 18.5. The molecule has 3 nitrogen and oxygen atoms in total. The van der Waals surface area contributed by atoms with Crippen LogP contribution in [0.5, 0.6) is 0 Å². The highest BCUT2D eigenvalue weighted by molar-refractivity contribution is 5.85. The summed E-state index contributed by atoms with van der Waals surface area (Å²) in [7, 11) is 3.72. The predicted octanol–water partition coefficient (Wildman–Crippen LogP) is 3.34. The van der Waals surface area contributed by atoms with Gasteiger partial charge in [0.2, 0.25) is 5.91 Å². The van der Waals surface area contributed by atoms with Crippen LogP contribution in [-0.2, 0) is 11.3 Å². The van der Waals surface area contributed by atoms with E-state index in [1.54, 1.807) is 4.90 Å². The normalized spacial score (nSPS) is 9.91. The fourth-order valence-electron chi connectivity index (χ4n) is 2.32. The zero-order valence-corrected chi connectivity index (χ0v) is 13.9. The van der Waals surface area contributed by atoms with E-state index in [1.165, 1.54) is 16.7 Å². The van der Waals surface area contributed by atoms with Gasteiger partial charge in [-0.05, 0) is 23.7 Å². The first-order valence-electron chi connectivity index (χ1n) is 7.24. The van der Waals surface area contributed by atoms with E-state index in [4.69, 9.17) is 0 Å². The second kappa shape index (κ2) is 9.23. The molecule has 0 unspecified atom stereocenters. The van der Waals surface area contributed by atoms with Crippen LogP contribution in [0.4, 0.5) is 0 Å². The maximum Gasteiger partial charge on any atom is 0.223 e. The van der Waals surface area contributed by atoms with Gasteiger partial charge in [-0.25, -0.2) is 0 Å². The highest BCUT2D eigenvalue weighted by Crippen LogP contribution is 2.24. The van der Waals surface area contributed by atoms with Gasteiger partial charge in [0, 0.05) is 26.6 Å². The van der Waals surface area contributed by atoms with E-state index in [2.05, 4.69) is 29.6 Å². The molecule has 0 heterocycles. The molecule has 22 heavy (non-hydrogen) atoms. The maximum atomic E-state index is 12.0. The van der Waals surface area contributed by atoms with E-state index in [0.717, 1.165) is 0 Å². The number of benzene rings is 2. The van der Waals surface area contributed by atoms with Gasteiger partial charge in [0.1, 0.15) is 0 Å². The van der Waals surface area contributed by atoms with Crippen molar-refractivity contribution in [3.63, 3.8) is 0 Å². The van der Waals surface area contributed by atoms with Crippen molar-refractivity contribution in [2.75, 3.05) is 20.6 Å². The lowest BCUT2D eigenvalue weighted by molar-refractivity contribution is -0.130. The molecule has 2 aromatic rings. The van der Waals surface area contributed by atoms with E-state index in [0.29, 0.717) is 19.5 Å². The highest BCUT2D eigenvalue weighted by atomic mass is 35.5. The molecule has 0 saturated carbocycles. The van der Waals surface area contributed by atoms with Gasteiger partial charge in [0.05, 0.1) is 0 Å². The molecule has 0 aliphatic carbocycles. The van der Waals surface area contributed by atoms with Crippen molar-refractivity contribution in [2.24, 2.45) is 0 Å². The summed E-state index contributed by atoms with van der Waals surface area (Å²) in [5.74, 6) is 0.159. The minimum absolute atomic E-state index is 0. The summed E-state index contributed by atoms with van der Waals surface area (Å²) in [5, 5.41) is 3.01. The number of rotatable bonds is 6. The highest BCUT2D eigenvalue weighted by Gasteiger charge is 2.11. The topological polar surface area (TPSA) is 32.3 Å². The van der Waals surface area contributed by atoms with Gasteiger partial charge >= 0.3 is 0 Å². The van der Waals surface area contributed by atoms with Crippen LogP contribution in [0, 0.1) is 0 Å². The molecule has 0 aliphatic rings. The molecule has 0 atom stereocenters. The Kier molecular flexibility index (Phi) is 7.64. The number of nitrogens with zero attached hydrogens (tertiary/aromatic N) is 1. The first kappa shape index (κ1) is 18.2. The van der Waals surface area contributed by atoms with E-state index >= 15 is 0 Å². The van der Waals surface area contributed by atoms with Gasteiger partial charge in [0.25, 0.3) is 0 Å². The number of hydrogen-bond acceptors (Lipinski definition) is 2. The van der Waals surface area contributed by atoms with Crippen molar-refractivity contribution in [3.8, 4) is 11.1 Å². The Morgan fingerprint density at radius 2 is 1.68 bits per heavy atom. The molecule has 2 rings (SSSR count). The van der Waals surface area contributed by atoms with Gasteiger partial charge < -0.3 is 10.2 Å². The van der Waals surface area contributed by atoms with E-state index in [9.17, 15) is 4.79 Å². The zero-order valence-electron chi connectivity index (χ0n) is 13.1. The summed E-state index contributed by atoms with van der Waals surface area (Å²) >= 11 is 0. The average Bonchev–Trinajstić information content (AvgIpc) is 2.54. The molecule has 118 valence electrons. The van der Waals surface area contributed by atoms with Crippen LogP contribution in [-0.4, -0.2) is 31.4 Å². The van der Waals surface area contributed by atoms with E-state index < -0.39 is 0 Å². The smallest absolute Gasteiger partial charge is 0.223 e. The Hall–Kier alpha value is -1.84. The lowest BCUT2D eigenvalue weighted by Gasteiger charge is -2.19. The average molecular weight is 319 g/mol. The fourth-order valence-corrected chi connectivity index (χ4v) is 2.32. The minimum Gasteiger partial charge on any atom is -0.341 e. The standard InChI is InChI=1S/C18H22N2O.ClH/c1-19-13-12-18(21)20(2)14-16-10-6-7-11-17(16)15-8-4-3-5-9-15;/h3-11,19H,12-14H2,1-2H3;1H. The number of hydrogen-bond donors (Lipinski definition) is 1. The van der Waals surface area contributed by atoms with Crippen LogP contribution < -0.4 is 5.32 Å². The fraction of sp³-hybridized carbons (Fsp3) is 0.278. The first-order valence-corrected chi connectivity index (χ1v) is 7.24. The van der Waals surface area contributed by atoms with Crippen molar-refractivity contribution in [2.45, 2.75) is 13.0 Å². The van der Waals surface area contributed by atoms with Gasteiger partial charge in [-0.3, -0.25) is 4.79 Å². The molecular weight excluding hydrogens is 296 g/mol. The SMILES string of the molecule is CNCCC(=O)N(C)Cc1ccccc1-c1ccccc1.Cl. The van der Waals surface area contributed by atoms with Crippen LogP contribution >= 0.6 is 12.4 Å². The third-order valence-corrected chi connectivity index (χ3v) is 3.52. The minimum atomic E-state index is 0. The Bertz CT molecular complexity index is 587. The summed E-state index contributed by atoms with van der Waals surface area (Å²) < 4.78 is 0. The molecule has 0 bridgehead atoms. The van der Waals surface area contributed by atoms with Crippen molar-refractivity contribution >= 4 is 18.3 Å². The Morgan fingerprint density at radius 3 is 2.36 bits per heavy atom. The van der Waals surface area contributed by atoms with Gasteiger partial charge in [-0.1, -0.05) is 54.6 Å². The number of nitrogens with one attached hydrogen (secondary N) is 1. The third kappa shape index (κ3) is 4.86. The molecule has 0 saturated heterocycles. The molecule has 4 heteroatoms. The van der Waals surface area contributed by atoms with Gasteiger partial charge in [0.15, 0.2) is 0 Å². The van der Waals surface area contributed by atoms with Crippen molar-refractivity contribution in [3.05, 3.63) is 60.2 Å². The molecule has 1 amide bonds. The monoisotopic (exact) mass is 318 g/mol. The summed E-state index contributed by atoms with van der Waals surface area (Å²) in [4.78, 5) is 13.8. The Morgan fingerprint density at radius 1 is 1.05 bits per heavy atom. The van der Waals surface area contributed by atoms with Crippen molar-refractivity contribution in [1.82, 2.24) is 10.2 Å². The summed E-state index contributed by atoms with van der Waals surface area (Å²) in [6.07, 6.45) is 0.528. The number of carbonyl (C=O) groups is 1. The van der Waals surface area contributed by atoms with Crippen LogP contribution in [0.25, 0.3) is 11.1 Å². The molecule has 0 radical (unpaired) electrons. The molecule has 0 aliphatic heterocycles. The van der Waals surface area contributed by atoms with Crippen molar-refractivity contribution < 1.29 is 4.79 Å². The molecule has 0 aromatic heterocycles. The summed E-state index contributed by atoms with van der Waals surface area (Å²) in [5.41, 5.74) is 3.54. The number of amides is 1. The van der Waals surface area contributed by atoms with Crippen LogP contribution in [0.1, 0.15) is 12.0 Å². The third-order valence-electron chi connectivity index (χ3n) is 3.52. The van der Waals surface area contributed by atoms with E-state index in [1.807, 2.05) is 44.4 Å². The zero-order chi connectivity index (χ0) is 15.1. The van der Waals surface area contributed by atoms with Gasteiger partial charge in [-0.15, -0.1) is 12.4 Å². The predicted molar refractivity (Wildman–Crippen MR) is 94.1 cm³/mol. The first-order chi connectivity index (χ1) is 10.2. The Labute approximate surface area is 138 Å². The molecular formula is C18H23ClN2O. The number of halogens is 1. The second-order valence-corrected chi connectivity index (χ2v) is 5.13. The quantitative estimate of drug-likeness (QED) is 0.886. The molecule has 0 fully saturated rings. The molecule has 0 spiro atoms. The van der Waals surface area contributed by atoms with Crippen molar-refractivity contribution in [1.29, 1.82) is 0 Å². The molecule has 1 N–H and O–H groups in total. The van der Waals surface area contributed by atoms with Gasteiger partial charge in [-0.2, -0.15) is 0 Å². The van der Waals surface area contributed by atoms with Crippen LogP contribution in [0.3, 0.4) is 0 Å². The lowest BCUT2D eigenvalue weighted by Crippen LogP contribution is -2.28.